The summed E-state index contributed by atoms with van der Waals surface area (Å²) in [6.45, 7) is 6.46. The van der Waals surface area contributed by atoms with Gasteiger partial charge in [-0.3, -0.25) is 10.1 Å². The first kappa shape index (κ1) is 18.9. The Kier molecular flexibility index (Phi) is 5.76. The lowest BCUT2D eigenvalue weighted by Crippen LogP contribution is -2.11. The topological polar surface area (TPSA) is 60.5 Å². The van der Waals surface area contributed by atoms with Crippen LogP contribution >= 0.6 is 11.3 Å². The van der Waals surface area contributed by atoms with E-state index in [1.54, 1.807) is 25.3 Å². The zero-order valence-electron chi connectivity index (χ0n) is 15.8. The zero-order valence-corrected chi connectivity index (χ0v) is 16.6. The normalized spacial score (nSPS) is 10.5. The fraction of sp³-hybridized carbons (Fsp3) is 0.238. The van der Waals surface area contributed by atoms with Gasteiger partial charge < -0.3 is 9.47 Å². The molecule has 1 aromatic heterocycles. The standard InChI is InChI=1S/C21H22N2O3S/c1-5-26-17-8-6-7-16(12-17)20(24)23-21-22-19(14(3)27-21)15-9-10-18(25-4)13(2)11-15/h6-12H,5H2,1-4H3,(H,22,23,24). The fourth-order valence-electron chi connectivity index (χ4n) is 2.81. The molecule has 1 amide bonds. The first-order valence-electron chi connectivity index (χ1n) is 8.68. The van der Waals surface area contributed by atoms with Crippen molar-refractivity contribution >= 4 is 22.4 Å². The lowest BCUT2D eigenvalue weighted by Gasteiger charge is -2.06. The van der Waals surface area contributed by atoms with Crippen LogP contribution < -0.4 is 14.8 Å². The molecule has 5 nitrogen and oxygen atoms in total. The monoisotopic (exact) mass is 382 g/mol. The molecule has 0 unspecified atom stereocenters. The van der Waals surface area contributed by atoms with Gasteiger partial charge in [-0.05, 0) is 62.7 Å². The maximum atomic E-state index is 12.5. The number of thiazole rings is 1. The van der Waals surface area contributed by atoms with E-state index in [1.807, 2.05) is 45.0 Å². The molecule has 140 valence electrons. The van der Waals surface area contributed by atoms with E-state index in [9.17, 15) is 4.79 Å². The molecule has 0 aliphatic heterocycles. The molecule has 0 aliphatic carbocycles. The average Bonchev–Trinajstić information content (AvgIpc) is 3.02. The van der Waals surface area contributed by atoms with Crippen molar-refractivity contribution in [1.29, 1.82) is 0 Å². The van der Waals surface area contributed by atoms with Crippen LogP contribution in [0.25, 0.3) is 11.3 Å². The van der Waals surface area contributed by atoms with Crippen LogP contribution in [0.5, 0.6) is 11.5 Å². The smallest absolute Gasteiger partial charge is 0.257 e. The van der Waals surface area contributed by atoms with Crippen molar-refractivity contribution in [3.05, 3.63) is 58.5 Å². The SMILES string of the molecule is CCOc1cccc(C(=O)Nc2nc(-c3ccc(OC)c(C)c3)c(C)s2)c1. The summed E-state index contributed by atoms with van der Waals surface area (Å²) in [4.78, 5) is 18.2. The largest absolute Gasteiger partial charge is 0.496 e. The summed E-state index contributed by atoms with van der Waals surface area (Å²) in [5.74, 6) is 1.31. The van der Waals surface area contributed by atoms with E-state index < -0.39 is 0 Å². The second kappa shape index (κ2) is 8.22. The number of nitrogens with one attached hydrogen (secondary N) is 1. The Bertz CT molecular complexity index is 966. The predicted molar refractivity (Wildman–Crippen MR) is 109 cm³/mol. The Hall–Kier alpha value is -2.86. The molecule has 3 rings (SSSR count). The van der Waals surface area contributed by atoms with E-state index in [2.05, 4.69) is 10.3 Å². The molecule has 3 aromatic rings. The average molecular weight is 382 g/mol. The summed E-state index contributed by atoms with van der Waals surface area (Å²) in [5.41, 5.74) is 3.45. The van der Waals surface area contributed by atoms with Crippen LogP contribution in [0.3, 0.4) is 0 Å². The third-order valence-corrected chi connectivity index (χ3v) is 4.98. The van der Waals surface area contributed by atoms with Gasteiger partial charge in [0.15, 0.2) is 5.13 Å². The Morgan fingerprint density at radius 2 is 2.00 bits per heavy atom. The van der Waals surface area contributed by atoms with Gasteiger partial charge in [0.1, 0.15) is 11.5 Å². The van der Waals surface area contributed by atoms with Crippen LogP contribution in [0.4, 0.5) is 5.13 Å². The van der Waals surface area contributed by atoms with Crippen LogP contribution in [0.1, 0.15) is 27.7 Å². The number of nitrogens with zero attached hydrogens (tertiary/aromatic N) is 1. The highest BCUT2D eigenvalue weighted by Crippen LogP contribution is 2.33. The number of carbonyl (C=O) groups excluding carboxylic acids is 1. The lowest BCUT2D eigenvalue weighted by molar-refractivity contribution is 0.102. The van der Waals surface area contributed by atoms with Gasteiger partial charge in [0.2, 0.25) is 0 Å². The fourth-order valence-corrected chi connectivity index (χ4v) is 3.64. The molecule has 1 heterocycles. The van der Waals surface area contributed by atoms with E-state index >= 15 is 0 Å². The number of hydrogen-bond acceptors (Lipinski definition) is 5. The molecule has 0 bridgehead atoms. The number of amides is 1. The van der Waals surface area contributed by atoms with Gasteiger partial charge in [-0.15, -0.1) is 11.3 Å². The van der Waals surface area contributed by atoms with Crippen LogP contribution in [-0.2, 0) is 0 Å². The Balaban J connectivity index is 1.81. The summed E-state index contributed by atoms with van der Waals surface area (Å²) in [5, 5.41) is 3.46. The lowest BCUT2D eigenvalue weighted by atomic mass is 10.1. The van der Waals surface area contributed by atoms with Crippen molar-refractivity contribution in [2.24, 2.45) is 0 Å². The Morgan fingerprint density at radius 3 is 2.70 bits per heavy atom. The third kappa shape index (κ3) is 4.28. The minimum Gasteiger partial charge on any atom is -0.496 e. The molecule has 2 aromatic carbocycles. The van der Waals surface area contributed by atoms with Gasteiger partial charge in [0.25, 0.3) is 5.91 Å². The van der Waals surface area contributed by atoms with Gasteiger partial charge in [-0.1, -0.05) is 6.07 Å². The molecule has 0 spiro atoms. The number of methoxy groups -OCH3 is 1. The molecule has 6 heteroatoms. The molecule has 27 heavy (non-hydrogen) atoms. The number of aryl methyl sites for hydroxylation is 2. The van der Waals surface area contributed by atoms with E-state index in [0.717, 1.165) is 27.4 Å². The Morgan fingerprint density at radius 1 is 1.19 bits per heavy atom. The molecular formula is C21H22N2O3S. The summed E-state index contributed by atoms with van der Waals surface area (Å²) < 4.78 is 10.8. The van der Waals surface area contributed by atoms with Crippen molar-refractivity contribution in [1.82, 2.24) is 4.98 Å². The van der Waals surface area contributed by atoms with E-state index in [1.165, 1.54) is 11.3 Å². The Labute approximate surface area is 163 Å². The summed E-state index contributed by atoms with van der Waals surface area (Å²) in [7, 11) is 1.66. The molecule has 0 saturated heterocycles. The quantitative estimate of drug-likeness (QED) is 0.645. The van der Waals surface area contributed by atoms with E-state index in [0.29, 0.717) is 23.1 Å². The van der Waals surface area contributed by atoms with Crippen molar-refractivity contribution in [2.45, 2.75) is 20.8 Å². The van der Waals surface area contributed by atoms with Crippen molar-refractivity contribution in [3.63, 3.8) is 0 Å². The molecule has 0 fully saturated rings. The number of rotatable bonds is 6. The summed E-state index contributed by atoms with van der Waals surface area (Å²) in [6, 6.07) is 13.1. The minimum absolute atomic E-state index is 0.206. The van der Waals surface area contributed by atoms with Crippen LogP contribution in [0.2, 0.25) is 0 Å². The van der Waals surface area contributed by atoms with Gasteiger partial charge >= 0.3 is 0 Å². The molecule has 1 N–H and O–H groups in total. The van der Waals surface area contributed by atoms with Crippen LogP contribution in [-0.4, -0.2) is 24.6 Å². The van der Waals surface area contributed by atoms with E-state index in [4.69, 9.17) is 9.47 Å². The van der Waals surface area contributed by atoms with Gasteiger partial charge in [0, 0.05) is 16.0 Å². The highest BCUT2D eigenvalue weighted by molar-refractivity contribution is 7.16. The number of anilines is 1. The van der Waals surface area contributed by atoms with Gasteiger partial charge in [-0.25, -0.2) is 4.98 Å². The molecule has 0 saturated carbocycles. The highest BCUT2D eigenvalue weighted by atomic mass is 32.1. The second-order valence-corrected chi connectivity index (χ2v) is 7.23. The third-order valence-electron chi connectivity index (χ3n) is 4.09. The van der Waals surface area contributed by atoms with Gasteiger partial charge in [-0.2, -0.15) is 0 Å². The molecule has 0 radical (unpaired) electrons. The summed E-state index contributed by atoms with van der Waals surface area (Å²) >= 11 is 1.46. The number of aromatic nitrogens is 1. The predicted octanol–water partition coefficient (Wildman–Crippen LogP) is 5.09. The number of carbonyl (C=O) groups is 1. The number of hydrogen-bond donors (Lipinski definition) is 1. The van der Waals surface area contributed by atoms with Crippen molar-refractivity contribution in [2.75, 3.05) is 19.0 Å². The van der Waals surface area contributed by atoms with Crippen molar-refractivity contribution in [3.8, 4) is 22.8 Å². The summed E-state index contributed by atoms with van der Waals surface area (Å²) in [6.07, 6.45) is 0. The maximum absolute atomic E-state index is 12.5. The minimum atomic E-state index is -0.206. The molecular weight excluding hydrogens is 360 g/mol. The molecule has 0 atom stereocenters. The first-order chi connectivity index (χ1) is 13.0. The van der Waals surface area contributed by atoms with Gasteiger partial charge in [0.05, 0.1) is 19.4 Å². The second-order valence-electron chi connectivity index (χ2n) is 6.02. The first-order valence-corrected chi connectivity index (χ1v) is 9.50. The number of benzene rings is 2. The van der Waals surface area contributed by atoms with Crippen molar-refractivity contribution < 1.29 is 14.3 Å². The van der Waals surface area contributed by atoms with E-state index in [-0.39, 0.29) is 5.91 Å². The number of ether oxygens (including phenoxy) is 2. The highest BCUT2D eigenvalue weighted by Gasteiger charge is 2.14. The van der Waals surface area contributed by atoms with Crippen LogP contribution in [0.15, 0.2) is 42.5 Å². The van der Waals surface area contributed by atoms with Crippen LogP contribution in [0, 0.1) is 13.8 Å². The zero-order chi connectivity index (χ0) is 19.4. The molecule has 0 aliphatic rings. The maximum Gasteiger partial charge on any atom is 0.257 e.